The normalized spacial score (nSPS) is 17.2. The van der Waals surface area contributed by atoms with E-state index in [1.165, 1.54) is 31.2 Å². The molecule has 0 bridgehead atoms. The van der Waals surface area contributed by atoms with Crippen LogP contribution in [-0.4, -0.2) is 12.0 Å². The van der Waals surface area contributed by atoms with Crippen LogP contribution < -0.4 is 0 Å². The van der Waals surface area contributed by atoms with E-state index in [2.05, 4.69) is 10.2 Å². The Hall–Kier alpha value is -1.72. The van der Waals surface area contributed by atoms with Crippen molar-refractivity contribution in [3.63, 3.8) is 0 Å². The van der Waals surface area contributed by atoms with Crippen molar-refractivity contribution in [1.82, 2.24) is 0 Å². The minimum absolute atomic E-state index is 0.118. The maximum atomic E-state index is 12.6. The molecule has 0 spiro atoms. The monoisotopic (exact) mass is 228 g/mol. The lowest BCUT2D eigenvalue weighted by Crippen LogP contribution is -2.30. The first-order valence-corrected chi connectivity index (χ1v) is 4.49. The summed E-state index contributed by atoms with van der Waals surface area (Å²) in [5.74, 6) is -0.292. The highest BCUT2D eigenvalue weighted by Crippen LogP contribution is 2.52. The Balaban J connectivity index is 2.42. The molecular weight excluding hydrogens is 221 g/mol. The fourth-order valence-electron chi connectivity index (χ4n) is 1.40. The molecule has 1 aromatic carbocycles. The van der Waals surface area contributed by atoms with Gasteiger partial charge in [-0.15, -0.1) is 10.2 Å². The molecule has 0 fully saturated rings. The molecule has 84 valence electrons. The SMILES string of the molecule is CC(=O)c1cccc(C2(C(F)(F)F)N=N2)c1. The van der Waals surface area contributed by atoms with E-state index in [4.69, 9.17) is 0 Å². The summed E-state index contributed by atoms with van der Waals surface area (Å²) in [6, 6.07) is 5.29. The highest BCUT2D eigenvalue weighted by molar-refractivity contribution is 5.94. The first kappa shape index (κ1) is 10.8. The smallest absolute Gasteiger partial charge is 0.295 e. The fourth-order valence-corrected chi connectivity index (χ4v) is 1.40. The average molecular weight is 228 g/mol. The van der Waals surface area contributed by atoms with Crippen LogP contribution in [0.1, 0.15) is 22.8 Å². The Bertz CT molecular complexity index is 473. The number of hydrogen-bond donors (Lipinski definition) is 0. The lowest BCUT2D eigenvalue weighted by Gasteiger charge is -2.14. The Morgan fingerprint density at radius 2 is 1.94 bits per heavy atom. The lowest BCUT2D eigenvalue weighted by atomic mass is 9.99. The summed E-state index contributed by atoms with van der Waals surface area (Å²) in [5, 5.41) is 6.13. The number of alkyl halides is 3. The van der Waals surface area contributed by atoms with Crippen LogP contribution in [0.15, 0.2) is 34.5 Å². The van der Waals surface area contributed by atoms with Gasteiger partial charge in [0.05, 0.1) is 0 Å². The molecule has 0 saturated carbocycles. The summed E-state index contributed by atoms with van der Waals surface area (Å²) in [7, 11) is 0. The predicted molar refractivity (Wildman–Crippen MR) is 49.0 cm³/mol. The molecular formula is C10H7F3N2O. The number of carbonyl (C=O) groups is 1. The van der Waals surface area contributed by atoms with Crippen LogP contribution in [0.2, 0.25) is 0 Å². The standard InChI is InChI=1S/C10H7F3N2O/c1-6(16)7-3-2-4-8(5-7)9(14-15-9)10(11,12)13/h2-5H,1H3. The molecule has 0 N–H and O–H groups in total. The molecule has 6 heteroatoms. The van der Waals surface area contributed by atoms with Gasteiger partial charge >= 0.3 is 11.8 Å². The van der Waals surface area contributed by atoms with Crippen molar-refractivity contribution in [3.8, 4) is 0 Å². The Labute approximate surface area is 89.0 Å². The molecule has 16 heavy (non-hydrogen) atoms. The van der Waals surface area contributed by atoms with Gasteiger partial charge in [0.1, 0.15) is 0 Å². The van der Waals surface area contributed by atoms with Crippen molar-refractivity contribution < 1.29 is 18.0 Å². The zero-order chi connectivity index (χ0) is 12.0. The molecule has 1 aliphatic heterocycles. The summed E-state index contributed by atoms with van der Waals surface area (Å²) in [4.78, 5) is 11.1. The van der Waals surface area contributed by atoms with E-state index >= 15 is 0 Å². The lowest BCUT2D eigenvalue weighted by molar-refractivity contribution is -0.166. The number of hydrogen-bond acceptors (Lipinski definition) is 3. The Kier molecular flexibility index (Phi) is 2.11. The molecule has 1 aliphatic rings. The Morgan fingerprint density at radius 1 is 1.31 bits per heavy atom. The van der Waals surface area contributed by atoms with Gasteiger partial charge in [0, 0.05) is 11.1 Å². The van der Waals surface area contributed by atoms with Crippen molar-refractivity contribution in [2.45, 2.75) is 18.8 Å². The second-order valence-corrected chi connectivity index (χ2v) is 3.51. The molecule has 0 saturated heterocycles. The van der Waals surface area contributed by atoms with Crippen LogP contribution in [-0.2, 0) is 5.66 Å². The van der Waals surface area contributed by atoms with Crippen molar-refractivity contribution in [3.05, 3.63) is 35.4 Å². The molecule has 1 aromatic rings. The first-order valence-electron chi connectivity index (χ1n) is 4.49. The zero-order valence-electron chi connectivity index (χ0n) is 8.25. The van der Waals surface area contributed by atoms with Crippen molar-refractivity contribution in [2.75, 3.05) is 0 Å². The van der Waals surface area contributed by atoms with Gasteiger partial charge in [0.25, 0.3) is 0 Å². The van der Waals surface area contributed by atoms with Crippen molar-refractivity contribution in [2.24, 2.45) is 10.2 Å². The molecule has 0 unspecified atom stereocenters. The number of Topliss-reactive ketones (excluding diaryl/α,β-unsaturated/α-hetero) is 1. The summed E-state index contributed by atoms with van der Waals surface area (Å²) >= 11 is 0. The number of halogens is 3. The maximum Gasteiger partial charge on any atom is 0.442 e. The second-order valence-electron chi connectivity index (χ2n) is 3.51. The Morgan fingerprint density at radius 3 is 2.38 bits per heavy atom. The summed E-state index contributed by atoms with van der Waals surface area (Å²) < 4.78 is 37.9. The van der Waals surface area contributed by atoms with E-state index < -0.39 is 11.8 Å². The molecule has 0 radical (unpaired) electrons. The molecule has 2 rings (SSSR count). The van der Waals surface area contributed by atoms with Crippen molar-refractivity contribution >= 4 is 5.78 Å². The van der Waals surface area contributed by atoms with Gasteiger partial charge in [-0.3, -0.25) is 4.79 Å². The number of carbonyl (C=O) groups excluding carboxylic acids is 1. The quantitative estimate of drug-likeness (QED) is 0.717. The van der Waals surface area contributed by atoms with Crippen LogP contribution in [0.5, 0.6) is 0 Å². The van der Waals surface area contributed by atoms with Gasteiger partial charge < -0.3 is 0 Å². The van der Waals surface area contributed by atoms with Gasteiger partial charge in [-0.2, -0.15) is 13.2 Å². The molecule has 0 amide bonds. The summed E-state index contributed by atoms with van der Waals surface area (Å²) in [6.45, 7) is 1.29. The molecule has 0 aliphatic carbocycles. The van der Waals surface area contributed by atoms with Gasteiger partial charge in [-0.1, -0.05) is 18.2 Å². The van der Waals surface area contributed by atoms with Gasteiger partial charge in [-0.05, 0) is 13.0 Å². The van der Waals surface area contributed by atoms with Crippen LogP contribution in [0.4, 0.5) is 13.2 Å². The third kappa shape index (κ3) is 1.50. The van der Waals surface area contributed by atoms with E-state index in [-0.39, 0.29) is 16.9 Å². The van der Waals surface area contributed by atoms with Crippen LogP contribution in [0, 0.1) is 0 Å². The number of benzene rings is 1. The largest absolute Gasteiger partial charge is 0.442 e. The van der Waals surface area contributed by atoms with E-state index in [9.17, 15) is 18.0 Å². The van der Waals surface area contributed by atoms with E-state index in [0.29, 0.717) is 0 Å². The third-order valence-corrected chi connectivity index (χ3v) is 2.37. The maximum absolute atomic E-state index is 12.6. The van der Waals surface area contributed by atoms with Gasteiger partial charge in [0.2, 0.25) is 0 Å². The van der Waals surface area contributed by atoms with Crippen molar-refractivity contribution in [1.29, 1.82) is 0 Å². The fraction of sp³-hybridized carbons (Fsp3) is 0.300. The molecule has 1 heterocycles. The van der Waals surface area contributed by atoms with Crippen LogP contribution >= 0.6 is 0 Å². The highest BCUT2D eigenvalue weighted by atomic mass is 19.4. The number of nitrogens with zero attached hydrogens (tertiary/aromatic N) is 2. The average Bonchev–Trinajstić information content (AvgIpc) is 2.97. The molecule has 0 atom stereocenters. The minimum Gasteiger partial charge on any atom is -0.295 e. The third-order valence-electron chi connectivity index (χ3n) is 2.37. The number of rotatable bonds is 2. The van der Waals surface area contributed by atoms with E-state index in [1.807, 2.05) is 0 Å². The van der Waals surface area contributed by atoms with Crippen LogP contribution in [0.3, 0.4) is 0 Å². The summed E-state index contributed by atoms with van der Waals surface area (Å²) in [6.07, 6.45) is -4.55. The minimum atomic E-state index is -4.55. The first-order chi connectivity index (χ1) is 7.37. The second kappa shape index (κ2) is 3.13. The van der Waals surface area contributed by atoms with E-state index in [1.54, 1.807) is 0 Å². The summed E-state index contributed by atoms with van der Waals surface area (Å²) in [5.41, 5.74) is -2.34. The predicted octanol–water partition coefficient (Wildman–Crippen LogP) is 3.07. The van der Waals surface area contributed by atoms with Crippen LogP contribution in [0.25, 0.3) is 0 Å². The topological polar surface area (TPSA) is 41.8 Å². The number of ketones is 1. The zero-order valence-corrected chi connectivity index (χ0v) is 8.25. The van der Waals surface area contributed by atoms with Gasteiger partial charge in [0.15, 0.2) is 5.78 Å². The highest BCUT2D eigenvalue weighted by Gasteiger charge is 2.65. The van der Waals surface area contributed by atoms with Gasteiger partial charge in [-0.25, -0.2) is 0 Å². The molecule has 0 aromatic heterocycles. The molecule has 3 nitrogen and oxygen atoms in total. The van der Waals surface area contributed by atoms with E-state index in [0.717, 1.165) is 0 Å².